The maximum absolute atomic E-state index is 13.7. The predicted molar refractivity (Wildman–Crippen MR) is 111 cm³/mol. The summed E-state index contributed by atoms with van der Waals surface area (Å²) in [7, 11) is 0. The number of aryl methyl sites for hydroxylation is 2. The standard InChI is InChI=1S/C24H20FNO4/c1-13-6-4-7-18(15(13)3)26-21(19-8-5-11-30-19)20(23(28)24(26)29)22(27)16-9-10-17(25)14(2)12-16/h4-12,21,27H,1-3H3/b22-20-. The molecule has 1 unspecified atom stereocenters. The highest BCUT2D eigenvalue weighted by molar-refractivity contribution is 6.51. The molecule has 0 bridgehead atoms. The zero-order valence-corrected chi connectivity index (χ0v) is 16.8. The van der Waals surface area contributed by atoms with Gasteiger partial charge in [-0.3, -0.25) is 14.5 Å². The Morgan fingerprint density at radius 1 is 1.03 bits per heavy atom. The van der Waals surface area contributed by atoms with E-state index in [-0.39, 0.29) is 16.9 Å². The number of benzene rings is 2. The molecule has 0 aliphatic carbocycles. The number of rotatable bonds is 3. The summed E-state index contributed by atoms with van der Waals surface area (Å²) in [5.74, 6) is -2.03. The van der Waals surface area contributed by atoms with Gasteiger partial charge in [-0.15, -0.1) is 0 Å². The molecule has 1 aliphatic rings. The van der Waals surface area contributed by atoms with Crippen molar-refractivity contribution in [3.8, 4) is 0 Å². The smallest absolute Gasteiger partial charge is 0.300 e. The van der Waals surface area contributed by atoms with Gasteiger partial charge in [-0.05, 0) is 73.9 Å². The highest BCUT2D eigenvalue weighted by Gasteiger charge is 2.48. The summed E-state index contributed by atoms with van der Waals surface area (Å²) >= 11 is 0. The number of ketones is 1. The van der Waals surface area contributed by atoms with Crippen molar-refractivity contribution >= 4 is 23.1 Å². The molecule has 0 spiro atoms. The molecule has 1 amide bonds. The van der Waals surface area contributed by atoms with Crippen LogP contribution in [0.25, 0.3) is 5.76 Å². The van der Waals surface area contributed by atoms with E-state index >= 15 is 0 Å². The number of aliphatic hydroxyl groups is 1. The predicted octanol–water partition coefficient (Wildman–Crippen LogP) is 4.97. The van der Waals surface area contributed by atoms with Crippen LogP contribution in [0.15, 0.2) is 64.8 Å². The number of aliphatic hydroxyl groups excluding tert-OH is 1. The second-order valence-electron chi connectivity index (χ2n) is 7.37. The van der Waals surface area contributed by atoms with Gasteiger partial charge in [-0.2, -0.15) is 0 Å². The van der Waals surface area contributed by atoms with Crippen molar-refractivity contribution in [2.75, 3.05) is 4.90 Å². The first kappa shape index (κ1) is 19.6. The average Bonchev–Trinajstić information content (AvgIpc) is 3.33. The van der Waals surface area contributed by atoms with E-state index in [0.29, 0.717) is 17.0 Å². The molecule has 3 aromatic rings. The Balaban J connectivity index is 1.96. The largest absolute Gasteiger partial charge is 0.507 e. The minimum Gasteiger partial charge on any atom is -0.507 e. The number of carbonyl (C=O) groups excluding carboxylic acids is 2. The first-order chi connectivity index (χ1) is 14.3. The topological polar surface area (TPSA) is 70.8 Å². The number of amides is 1. The molecule has 2 heterocycles. The van der Waals surface area contributed by atoms with E-state index in [9.17, 15) is 19.1 Å². The van der Waals surface area contributed by atoms with Crippen molar-refractivity contribution in [1.29, 1.82) is 0 Å². The minimum absolute atomic E-state index is 0.0955. The SMILES string of the molecule is Cc1cc(/C(O)=C2/C(=O)C(=O)N(c3cccc(C)c3C)C2c2ccco2)ccc1F. The normalized spacial score (nSPS) is 18.3. The molecule has 6 heteroatoms. The number of furan rings is 1. The van der Waals surface area contributed by atoms with Crippen molar-refractivity contribution in [3.05, 3.63) is 94.2 Å². The van der Waals surface area contributed by atoms with Crippen LogP contribution in [-0.2, 0) is 9.59 Å². The van der Waals surface area contributed by atoms with E-state index in [4.69, 9.17) is 4.42 Å². The van der Waals surface area contributed by atoms with Crippen molar-refractivity contribution in [1.82, 2.24) is 0 Å². The van der Waals surface area contributed by atoms with Gasteiger partial charge in [0.15, 0.2) is 0 Å². The van der Waals surface area contributed by atoms with Crippen LogP contribution in [0.2, 0.25) is 0 Å². The summed E-state index contributed by atoms with van der Waals surface area (Å²) in [5, 5.41) is 11.0. The van der Waals surface area contributed by atoms with Crippen LogP contribution in [-0.4, -0.2) is 16.8 Å². The molecule has 1 aromatic heterocycles. The van der Waals surface area contributed by atoms with Crippen LogP contribution in [0.3, 0.4) is 0 Å². The Morgan fingerprint density at radius 3 is 2.47 bits per heavy atom. The van der Waals surface area contributed by atoms with E-state index in [1.165, 1.54) is 29.4 Å². The zero-order valence-electron chi connectivity index (χ0n) is 16.8. The van der Waals surface area contributed by atoms with Gasteiger partial charge in [-0.1, -0.05) is 12.1 Å². The lowest BCUT2D eigenvalue weighted by Crippen LogP contribution is -2.30. The molecular formula is C24H20FNO4. The molecule has 1 fully saturated rings. The second-order valence-corrected chi connectivity index (χ2v) is 7.37. The van der Waals surface area contributed by atoms with Crippen LogP contribution in [0.1, 0.15) is 34.1 Å². The van der Waals surface area contributed by atoms with Gasteiger partial charge in [0.05, 0.1) is 11.8 Å². The molecule has 4 rings (SSSR count). The van der Waals surface area contributed by atoms with Gasteiger partial charge in [0.25, 0.3) is 11.7 Å². The first-order valence-electron chi connectivity index (χ1n) is 9.48. The Hall–Kier alpha value is -3.67. The number of nitrogens with zero attached hydrogens (tertiary/aromatic N) is 1. The fraction of sp³-hybridized carbons (Fsp3) is 0.167. The van der Waals surface area contributed by atoms with Crippen molar-refractivity contribution < 1.29 is 23.5 Å². The number of hydrogen-bond donors (Lipinski definition) is 1. The van der Waals surface area contributed by atoms with Gasteiger partial charge in [0, 0.05) is 11.3 Å². The molecule has 1 aliphatic heterocycles. The summed E-state index contributed by atoms with van der Waals surface area (Å²) in [6.07, 6.45) is 1.45. The maximum Gasteiger partial charge on any atom is 0.300 e. The summed E-state index contributed by atoms with van der Waals surface area (Å²) in [6.45, 7) is 5.34. The highest BCUT2D eigenvalue weighted by atomic mass is 19.1. The van der Waals surface area contributed by atoms with Crippen LogP contribution in [0.5, 0.6) is 0 Å². The fourth-order valence-electron chi connectivity index (χ4n) is 3.74. The summed E-state index contributed by atoms with van der Waals surface area (Å²) < 4.78 is 19.2. The second kappa shape index (κ2) is 7.30. The molecule has 0 radical (unpaired) electrons. The molecule has 152 valence electrons. The zero-order chi connectivity index (χ0) is 21.6. The molecule has 2 aromatic carbocycles. The summed E-state index contributed by atoms with van der Waals surface area (Å²) in [6, 6.07) is 11.9. The number of anilines is 1. The number of hydrogen-bond acceptors (Lipinski definition) is 4. The van der Waals surface area contributed by atoms with Crippen molar-refractivity contribution in [2.45, 2.75) is 26.8 Å². The molecule has 5 nitrogen and oxygen atoms in total. The molecule has 30 heavy (non-hydrogen) atoms. The van der Waals surface area contributed by atoms with E-state index in [1.54, 1.807) is 31.2 Å². The lowest BCUT2D eigenvalue weighted by Gasteiger charge is -2.25. The van der Waals surface area contributed by atoms with Crippen molar-refractivity contribution in [2.24, 2.45) is 0 Å². The third-order valence-electron chi connectivity index (χ3n) is 5.52. The highest BCUT2D eigenvalue weighted by Crippen LogP contribution is 2.43. The van der Waals surface area contributed by atoms with Gasteiger partial charge >= 0.3 is 0 Å². The number of Topliss-reactive ketones (excluding diaryl/α,β-unsaturated/α-hetero) is 1. The fourth-order valence-corrected chi connectivity index (χ4v) is 3.74. The van der Waals surface area contributed by atoms with E-state index in [1.807, 2.05) is 19.9 Å². The van der Waals surface area contributed by atoms with E-state index < -0.39 is 23.5 Å². The molecule has 0 saturated carbocycles. The minimum atomic E-state index is -0.939. The molecule has 1 atom stereocenters. The van der Waals surface area contributed by atoms with Gasteiger partial charge < -0.3 is 9.52 Å². The lowest BCUT2D eigenvalue weighted by molar-refractivity contribution is -0.132. The number of carbonyl (C=O) groups is 2. The Morgan fingerprint density at radius 2 is 1.80 bits per heavy atom. The monoisotopic (exact) mass is 405 g/mol. The van der Waals surface area contributed by atoms with Gasteiger partial charge in [0.2, 0.25) is 0 Å². The molecule has 1 N–H and O–H groups in total. The molecular weight excluding hydrogens is 385 g/mol. The molecule has 1 saturated heterocycles. The average molecular weight is 405 g/mol. The quantitative estimate of drug-likeness (QED) is 0.379. The summed E-state index contributed by atoms with van der Waals surface area (Å²) in [4.78, 5) is 27.5. The Labute approximate surface area is 173 Å². The van der Waals surface area contributed by atoms with Crippen LogP contribution >= 0.6 is 0 Å². The van der Waals surface area contributed by atoms with E-state index in [0.717, 1.165) is 11.1 Å². The first-order valence-corrected chi connectivity index (χ1v) is 9.48. The number of halogens is 1. The van der Waals surface area contributed by atoms with Crippen LogP contribution < -0.4 is 4.90 Å². The third-order valence-corrected chi connectivity index (χ3v) is 5.52. The summed E-state index contributed by atoms with van der Waals surface area (Å²) in [5.41, 5.74) is 2.84. The third kappa shape index (κ3) is 3.01. The Kier molecular flexibility index (Phi) is 4.78. The Bertz CT molecular complexity index is 1190. The maximum atomic E-state index is 13.7. The lowest BCUT2D eigenvalue weighted by atomic mass is 9.98. The van der Waals surface area contributed by atoms with Gasteiger partial charge in [-0.25, -0.2) is 4.39 Å². The van der Waals surface area contributed by atoms with Crippen LogP contribution in [0.4, 0.5) is 10.1 Å². The van der Waals surface area contributed by atoms with Crippen molar-refractivity contribution in [3.63, 3.8) is 0 Å². The van der Waals surface area contributed by atoms with E-state index in [2.05, 4.69) is 0 Å². The van der Waals surface area contributed by atoms with Gasteiger partial charge in [0.1, 0.15) is 23.4 Å². The van der Waals surface area contributed by atoms with Crippen LogP contribution in [0, 0.1) is 26.6 Å².